The molecule has 0 radical (unpaired) electrons. The van der Waals surface area contributed by atoms with Crippen LogP contribution in [0.4, 0.5) is 0 Å². The first-order valence-electron chi connectivity index (χ1n) is 4.17. The summed E-state index contributed by atoms with van der Waals surface area (Å²) in [4.78, 5) is 18.1. The van der Waals surface area contributed by atoms with Crippen molar-refractivity contribution in [3.05, 3.63) is 42.2 Å². The predicted octanol–water partition coefficient (Wildman–Crippen LogP) is 0.351. The Morgan fingerprint density at radius 3 is 2.67 bits per heavy atom. The highest BCUT2D eigenvalue weighted by molar-refractivity contribution is 5.98. The SMILES string of the molecule is NC(=O)c1ccccc1-c1ncc[nH]1.O. The Labute approximate surface area is 86.3 Å². The number of aromatic amines is 1. The summed E-state index contributed by atoms with van der Waals surface area (Å²) in [5.74, 6) is 0.205. The lowest BCUT2D eigenvalue weighted by Gasteiger charge is -2.02. The summed E-state index contributed by atoms with van der Waals surface area (Å²) in [6.07, 6.45) is 3.33. The third-order valence-corrected chi connectivity index (χ3v) is 1.95. The van der Waals surface area contributed by atoms with Crippen molar-refractivity contribution in [2.24, 2.45) is 5.73 Å². The number of nitrogens with zero attached hydrogens (tertiary/aromatic N) is 1. The molecule has 1 aromatic carbocycles. The maximum Gasteiger partial charge on any atom is 0.249 e. The highest BCUT2D eigenvalue weighted by atomic mass is 16.1. The lowest BCUT2D eigenvalue weighted by Crippen LogP contribution is -2.12. The number of H-pyrrole nitrogens is 1. The van der Waals surface area contributed by atoms with Crippen molar-refractivity contribution in [2.45, 2.75) is 0 Å². The lowest BCUT2D eigenvalue weighted by molar-refractivity contribution is 0.100. The van der Waals surface area contributed by atoms with Gasteiger partial charge in [0.15, 0.2) is 0 Å². The minimum absolute atomic E-state index is 0. The third kappa shape index (κ3) is 2.03. The van der Waals surface area contributed by atoms with Crippen molar-refractivity contribution in [3.63, 3.8) is 0 Å². The molecule has 1 heterocycles. The summed E-state index contributed by atoms with van der Waals surface area (Å²) in [5, 5.41) is 0. The number of nitrogens with two attached hydrogens (primary N) is 1. The second-order valence-electron chi connectivity index (χ2n) is 2.85. The standard InChI is InChI=1S/C10H9N3O.H2O/c11-9(14)7-3-1-2-4-8(7)10-12-5-6-13-10;/h1-6H,(H2,11,14)(H,12,13);1H2. The monoisotopic (exact) mass is 205 g/mol. The molecule has 1 aromatic heterocycles. The number of hydrogen-bond acceptors (Lipinski definition) is 2. The first-order valence-corrected chi connectivity index (χ1v) is 4.17. The van der Waals surface area contributed by atoms with Crippen LogP contribution in [0.3, 0.4) is 0 Å². The van der Waals surface area contributed by atoms with Gasteiger partial charge in [0.25, 0.3) is 0 Å². The maximum atomic E-state index is 11.1. The van der Waals surface area contributed by atoms with Gasteiger partial charge >= 0.3 is 0 Å². The molecule has 0 aliphatic rings. The van der Waals surface area contributed by atoms with Gasteiger partial charge in [-0.25, -0.2) is 4.98 Å². The zero-order chi connectivity index (χ0) is 9.97. The lowest BCUT2D eigenvalue weighted by atomic mass is 10.1. The third-order valence-electron chi connectivity index (χ3n) is 1.95. The summed E-state index contributed by atoms with van der Waals surface area (Å²) < 4.78 is 0. The molecule has 0 atom stereocenters. The van der Waals surface area contributed by atoms with Gasteiger partial charge in [-0.3, -0.25) is 4.79 Å². The number of nitrogens with one attached hydrogen (secondary N) is 1. The van der Waals surface area contributed by atoms with Crippen LogP contribution in [0.1, 0.15) is 10.4 Å². The Balaban J connectivity index is 0.00000112. The Hall–Kier alpha value is -2.14. The molecule has 0 aliphatic heterocycles. The number of carbonyl (C=O) groups is 1. The van der Waals surface area contributed by atoms with Gasteiger partial charge in [0.1, 0.15) is 5.82 Å². The molecular weight excluding hydrogens is 194 g/mol. The molecule has 0 saturated carbocycles. The second-order valence-corrected chi connectivity index (χ2v) is 2.85. The van der Waals surface area contributed by atoms with Gasteiger partial charge in [-0.15, -0.1) is 0 Å². The van der Waals surface area contributed by atoms with Crippen LogP contribution in [0, 0.1) is 0 Å². The van der Waals surface area contributed by atoms with Gasteiger partial charge in [-0.05, 0) is 6.07 Å². The van der Waals surface area contributed by atoms with Gasteiger partial charge in [-0.2, -0.15) is 0 Å². The zero-order valence-corrected chi connectivity index (χ0v) is 7.90. The molecule has 0 aliphatic carbocycles. The summed E-state index contributed by atoms with van der Waals surface area (Å²) in [5.41, 5.74) is 6.44. The Morgan fingerprint density at radius 2 is 2.07 bits per heavy atom. The van der Waals surface area contributed by atoms with Crippen molar-refractivity contribution >= 4 is 5.91 Å². The van der Waals surface area contributed by atoms with E-state index in [-0.39, 0.29) is 5.48 Å². The minimum atomic E-state index is -0.447. The van der Waals surface area contributed by atoms with Crippen LogP contribution in [0.2, 0.25) is 0 Å². The van der Waals surface area contributed by atoms with E-state index < -0.39 is 5.91 Å². The van der Waals surface area contributed by atoms with Gasteiger partial charge in [-0.1, -0.05) is 18.2 Å². The molecule has 0 fully saturated rings. The smallest absolute Gasteiger partial charge is 0.249 e. The topological polar surface area (TPSA) is 103 Å². The number of amides is 1. The normalized spacial score (nSPS) is 9.33. The van der Waals surface area contributed by atoms with Gasteiger partial charge in [0, 0.05) is 18.0 Å². The Bertz CT molecular complexity index is 451. The first-order chi connectivity index (χ1) is 6.79. The van der Waals surface area contributed by atoms with Crippen LogP contribution in [0.5, 0.6) is 0 Å². The molecule has 0 spiro atoms. The van der Waals surface area contributed by atoms with Gasteiger partial charge < -0.3 is 16.2 Å². The highest BCUT2D eigenvalue weighted by Gasteiger charge is 2.09. The van der Waals surface area contributed by atoms with Crippen molar-refractivity contribution in [1.29, 1.82) is 0 Å². The molecule has 15 heavy (non-hydrogen) atoms. The van der Waals surface area contributed by atoms with Crippen molar-refractivity contribution < 1.29 is 10.3 Å². The maximum absolute atomic E-state index is 11.1. The van der Waals surface area contributed by atoms with Crippen molar-refractivity contribution in [1.82, 2.24) is 9.97 Å². The number of hydrogen-bond donors (Lipinski definition) is 2. The van der Waals surface area contributed by atoms with E-state index >= 15 is 0 Å². The molecule has 2 rings (SSSR count). The van der Waals surface area contributed by atoms with E-state index in [0.717, 1.165) is 5.56 Å². The van der Waals surface area contributed by atoms with Crippen LogP contribution in [0.25, 0.3) is 11.4 Å². The van der Waals surface area contributed by atoms with E-state index in [2.05, 4.69) is 9.97 Å². The molecule has 78 valence electrons. The van der Waals surface area contributed by atoms with E-state index in [9.17, 15) is 4.79 Å². The van der Waals surface area contributed by atoms with Crippen LogP contribution in [0.15, 0.2) is 36.7 Å². The number of rotatable bonds is 2. The Morgan fingerprint density at radius 1 is 1.33 bits per heavy atom. The van der Waals surface area contributed by atoms with Crippen LogP contribution in [-0.2, 0) is 0 Å². The summed E-state index contributed by atoms with van der Waals surface area (Å²) in [6.45, 7) is 0. The highest BCUT2D eigenvalue weighted by Crippen LogP contribution is 2.18. The first kappa shape index (κ1) is 10.9. The van der Waals surface area contributed by atoms with Crippen LogP contribution < -0.4 is 5.73 Å². The molecule has 1 amide bonds. The van der Waals surface area contributed by atoms with Gasteiger partial charge in [0.2, 0.25) is 5.91 Å². The fourth-order valence-electron chi connectivity index (χ4n) is 1.32. The van der Waals surface area contributed by atoms with Crippen molar-refractivity contribution in [3.8, 4) is 11.4 Å². The van der Waals surface area contributed by atoms with E-state index in [4.69, 9.17) is 5.73 Å². The average Bonchev–Trinajstić information content (AvgIpc) is 2.70. The molecule has 2 aromatic rings. The van der Waals surface area contributed by atoms with Crippen LogP contribution >= 0.6 is 0 Å². The molecule has 5 N–H and O–H groups in total. The van der Waals surface area contributed by atoms with Crippen LogP contribution in [-0.4, -0.2) is 21.4 Å². The number of carbonyl (C=O) groups excluding carboxylic acids is 1. The Kier molecular flexibility index (Phi) is 3.20. The summed E-state index contributed by atoms with van der Waals surface area (Å²) in [7, 11) is 0. The molecule has 0 saturated heterocycles. The predicted molar refractivity (Wildman–Crippen MR) is 56.2 cm³/mol. The molecular formula is C10H11N3O2. The van der Waals surface area contributed by atoms with Gasteiger partial charge in [0.05, 0.1) is 5.56 Å². The number of benzene rings is 1. The summed E-state index contributed by atoms with van der Waals surface area (Å²) in [6, 6.07) is 7.09. The largest absolute Gasteiger partial charge is 0.412 e. The second kappa shape index (κ2) is 4.39. The quantitative estimate of drug-likeness (QED) is 0.738. The molecule has 5 heteroatoms. The summed E-state index contributed by atoms with van der Waals surface area (Å²) >= 11 is 0. The van der Waals surface area contributed by atoms with E-state index in [1.165, 1.54) is 0 Å². The van der Waals surface area contributed by atoms with E-state index in [1.54, 1.807) is 30.6 Å². The van der Waals surface area contributed by atoms with E-state index in [1.807, 2.05) is 6.07 Å². The van der Waals surface area contributed by atoms with E-state index in [0.29, 0.717) is 11.4 Å². The van der Waals surface area contributed by atoms with Crippen molar-refractivity contribution in [2.75, 3.05) is 0 Å². The average molecular weight is 205 g/mol. The molecule has 0 bridgehead atoms. The number of primary amides is 1. The number of imidazole rings is 1. The molecule has 0 unspecified atom stereocenters. The zero-order valence-electron chi connectivity index (χ0n) is 7.90. The fourth-order valence-corrected chi connectivity index (χ4v) is 1.32. The molecule has 5 nitrogen and oxygen atoms in total. The fraction of sp³-hybridized carbons (Fsp3) is 0. The minimum Gasteiger partial charge on any atom is -0.412 e. The number of aromatic nitrogens is 2.